The molecule has 0 radical (unpaired) electrons. The third-order valence-electron chi connectivity index (χ3n) is 7.85. The first-order valence-corrected chi connectivity index (χ1v) is 16.1. The lowest BCUT2D eigenvalue weighted by molar-refractivity contribution is -0.00177. The fourth-order valence-corrected chi connectivity index (χ4v) is 5.08. The van der Waals surface area contributed by atoms with Gasteiger partial charge in [-0.05, 0) is 69.9 Å². The number of nitrogens with zero attached hydrogens (tertiary/aromatic N) is 6. The summed E-state index contributed by atoms with van der Waals surface area (Å²) in [6, 6.07) is 14.3. The normalized spacial score (nSPS) is 12.7. The average Bonchev–Trinajstić information content (AvgIpc) is 3.72. The molecule has 0 spiro atoms. The van der Waals surface area contributed by atoms with E-state index in [0.717, 1.165) is 25.0 Å². The molecule has 0 unspecified atom stereocenters. The van der Waals surface area contributed by atoms with E-state index in [0.29, 0.717) is 22.7 Å². The van der Waals surface area contributed by atoms with Crippen LogP contribution in [0.15, 0.2) is 67.3 Å². The van der Waals surface area contributed by atoms with E-state index in [9.17, 15) is 14.3 Å². The minimum Gasteiger partial charge on any atom is -0.497 e. The number of carbonyl (C=O) groups is 1. The molecule has 4 heterocycles. The number of methoxy groups -OCH3 is 1. The van der Waals surface area contributed by atoms with Crippen LogP contribution in [0.25, 0.3) is 23.1 Å². The Hall–Kier alpha value is -5.43. The Labute approximate surface area is 284 Å². The van der Waals surface area contributed by atoms with Crippen LogP contribution in [0.4, 0.5) is 16.0 Å². The molecule has 1 aliphatic rings. The smallest absolute Gasteiger partial charge is 0.255 e. The number of imidazole rings is 1. The zero-order valence-electron chi connectivity index (χ0n) is 28.3. The third-order valence-corrected chi connectivity index (χ3v) is 7.85. The van der Waals surface area contributed by atoms with Crippen LogP contribution in [0.2, 0.25) is 0 Å². The maximum atomic E-state index is 14.0. The third kappa shape index (κ3) is 8.93. The minimum absolute atomic E-state index is 0.0228. The highest BCUT2D eigenvalue weighted by Gasteiger charge is 2.27. The molecule has 1 atom stereocenters. The lowest BCUT2D eigenvalue weighted by Crippen LogP contribution is -2.42. The SMILES string of the molecule is CC(C)Nc1cc(-n2cnc3cnc(N)nc32)ncc1C(=O)NC[C@@H](F)C(C)(C)O.COc1ccc(CCc2ccc3c(n2)CC=C3)cc1. The van der Waals surface area contributed by atoms with Gasteiger partial charge < -0.3 is 26.2 Å². The molecular weight excluding hydrogens is 625 g/mol. The Kier molecular flexibility index (Phi) is 10.8. The van der Waals surface area contributed by atoms with Gasteiger partial charge in [0.15, 0.2) is 5.65 Å². The standard InChI is InChI=1S/C19H25FN8O2.C17H17NO/c1-10(2)26-12-5-15(28-9-25-13-7-24-18(21)27-16(13)28)22-6-11(12)17(29)23-8-14(20)19(3,4)30;1-19-16-11-6-13(7-12-16)5-9-15-10-8-14-3-2-4-17(14)18-15/h5-7,9-10,14,30H,8H2,1-4H3,(H,22,26)(H,23,29)(H2,21,24,27);2-3,6-8,10-12H,4-5,9H2,1H3/t14-;/m1./s1. The number of hydrogen-bond acceptors (Lipinski definition) is 10. The van der Waals surface area contributed by atoms with E-state index in [1.54, 1.807) is 17.7 Å². The van der Waals surface area contributed by atoms with Gasteiger partial charge in [-0.3, -0.25) is 14.3 Å². The number of hydrogen-bond donors (Lipinski definition) is 4. The number of benzene rings is 1. The number of aryl methyl sites for hydroxylation is 2. The second kappa shape index (κ2) is 15.2. The summed E-state index contributed by atoms with van der Waals surface area (Å²) in [5, 5.41) is 15.4. The van der Waals surface area contributed by atoms with Crippen LogP contribution in [0.5, 0.6) is 5.75 Å². The first-order chi connectivity index (χ1) is 23.4. The quantitative estimate of drug-likeness (QED) is 0.152. The van der Waals surface area contributed by atoms with Crippen molar-refractivity contribution in [3.63, 3.8) is 0 Å². The fourth-order valence-electron chi connectivity index (χ4n) is 5.08. The Morgan fingerprint density at radius 1 is 1.08 bits per heavy atom. The van der Waals surface area contributed by atoms with Crippen LogP contribution in [0.1, 0.15) is 60.6 Å². The van der Waals surface area contributed by atoms with Crippen molar-refractivity contribution in [2.24, 2.45) is 0 Å². The van der Waals surface area contributed by atoms with Gasteiger partial charge in [0, 0.05) is 30.4 Å². The monoisotopic (exact) mass is 667 g/mol. The van der Waals surface area contributed by atoms with Gasteiger partial charge in [0.25, 0.3) is 5.91 Å². The van der Waals surface area contributed by atoms with E-state index in [2.05, 4.69) is 67.0 Å². The van der Waals surface area contributed by atoms with Crippen molar-refractivity contribution < 1.29 is 19.0 Å². The van der Waals surface area contributed by atoms with Crippen molar-refractivity contribution in [1.29, 1.82) is 0 Å². The zero-order chi connectivity index (χ0) is 35.1. The molecule has 1 aliphatic carbocycles. The number of aliphatic hydroxyl groups is 1. The van der Waals surface area contributed by atoms with E-state index in [1.807, 2.05) is 26.0 Å². The molecule has 6 rings (SSSR count). The predicted molar refractivity (Wildman–Crippen MR) is 189 cm³/mol. The molecule has 0 saturated carbocycles. The van der Waals surface area contributed by atoms with E-state index in [1.165, 1.54) is 55.1 Å². The zero-order valence-corrected chi connectivity index (χ0v) is 28.3. The molecule has 0 saturated heterocycles. The Morgan fingerprint density at radius 2 is 1.86 bits per heavy atom. The number of fused-ring (bicyclic) bond motifs is 2. The minimum atomic E-state index is -1.61. The molecule has 13 heteroatoms. The van der Waals surface area contributed by atoms with E-state index < -0.39 is 17.7 Å². The molecule has 4 aromatic heterocycles. The highest BCUT2D eigenvalue weighted by molar-refractivity contribution is 5.99. The molecule has 12 nitrogen and oxygen atoms in total. The lowest BCUT2D eigenvalue weighted by atomic mass is 10.0. The molecule has 5 N–H and O–H groups in total. The molecule has 1 amide bonds. The number of amides is 1. The van der Waals surface area contributed by atoms with Crippen molar-refractivity contribution in [2.45, 2.75) is 64.8 Å². The highest BCUT2D eigenvalue weighted by Crippen LogP contribution is 2.23. The Balaban J connectivity index is 0.000000211. The van der Waals surface area contributed by atoms with Crippen LogP contribution in [0, 0.1) is 0 Å². The molecule has 49 heavy (non-hydrogen) atoms. The number of halogens is 1. The molecule has 256 valence electrons. The molecular formula is C36H42FN9O3. The number of ether oxygens (including phenoxy) is 1. The van der Waals surface area contributed by atoms with Crippen molar-refractivity contribution >= 4 is 34.8 Å². The Bertz CT molecular complexity index is 1940. The summed E-state index contributed by atoms with van der Waals surface area (Å²) < 4.78 is 20.8. The van der Waals surface area contributed by atoms with Crippen LogP contribution < -0.4 is 21.1 Å². The summed E-state index contributed by atoms with van der Waals surface area (Å²) >= 11 is 0. The van der Waals surface area contributed by atoms with Gasteiger partial charge in [-0.15, -0.1) is 0 Å². The van der Waals surface area contributed by atoms with Gasteiger partial charge in [-0.2, -0.15) is 4.98 Å². The largest absolute Gasteiger partial charge is 0.497 e. The van der Waals surface area contributed by atoms with Crippen molar-refractivity contribution in [3.8, 4) is 11.6 Å². The van der Waals surface area contributed by atoms with Crippen LogP contribution in [0.3, 0.4) is 0 Å². The summed E-state index contributed by atoms with van der Waals surface area (Å²) in [6.45, 7) is 6.21. The number of rotatable bonds is 11. The first kappa shape index (κ1) is 34.9. The number of nitrogens with two attached hydrogens (primary N) is 1. The second-order valence-electron chi connectivity index (χ2n) is 12.6. The lowest BCUT2D eigenvalue weighted by Gasteiger charge is -2.23. The summed E-state index contributed by atoms with van der Waals surface area (Å²) in [7, 11) is 1.69. The number of carbonyl (C=O) groups excluding carboxylic acids is 1. The molecule has 1 aromatic carbocycles. The number of nitrogen functional groups attached to an aromatic ring is 1. The van der Waals surface area contributed by atoms with E-state index in [-0.39, 0.29) is 24.1 Å². The summed E-state index contributed by atoms with van der Waals surface area (Å²) in [5.41, 5.74) is 10.9. The number of alkyl halides is 1. The molecule has 0 aliphatic heterocycles. The number of pyridine rings is 2. The highest BCUT2D eigenvalue weighted by atomic mass is 19.1. The Morgan fingerprint density at radius 3 is 2.57 bits per heavy atom. The van der Waals surface area contributed by atoms with Gasteiger partial charge in [-0.1, -0.05) is 30.4 Å². The van der Waals surface area contributed by atoms with Crippen LogP contribution in [-0.2, 0) is 19.3 Å². The van der Waals surface area contributed by atoms with E-state index >= 15 is 0 Å². The molecule has 0 bridgehead atoms. The van der Waals surface area contributed by atoms with Gasteiger partial charge in [0.2, 0.25) is 5.95 Å². The summed E-state index contributed by atoms with van der Waals surface area (Å²) in [4.78, 5) is 34.0. The van der Waals surface area contributed by atoms with Gasteiger partial charge >= 0.3 is 0 Å². The van der Waals surface area contributed by atoms with Crippen molar-refractivity contribution in [3.05, 3.63) is 95.3 Å². The number of nitrogens with one attached hydrogen (secondary N) is 2. The van der Waals surface area contributed by atoms with Crippen LogP contribution in [-0.4, -0.2) is 72.0 Å². The maximum absolute atomic E-state index is 14.0. The van der Waals surface area contributed by atoms with E-state index in [4.69, 9.17) is 15.5 Å². The number of allylic oxidation sites excluding steroid dienone is 1. The summed E-state index contributed by atoms with van der Waals surface area (Å²) in [6.07, 6.45) is 10.1. The topological polar surface area (TPSA) is 166 Å². The van der Waals surface area contributed by atoms with Crippen LogP contribution >= 0.6 is 0 Å². The predicted octanol–water partition coefficient (Wildman–Crippen LogP) is 4.90. The fraction of sp³-hybridized carbons (Fsp3) is 0.333. The number of aromatic nitrogens is 6. The molecule has 5 aromatic rings. The van der Waals surface area contributed by atoms with Crippen molar-refractivity contribution in [2.75, 3.05) is 24.7 Å². The molecule has 0 fully saturated rings. The maximum Gasteiger partial charge on any atom is 0.255 e. The summed E-state index contributed by atoms with van der Waals surface area (Å²) in [5.74, 6) is 0.972. The average molecular weight is 668 g/mol. The van der Waals surface area contributed by atoms with Gasteiger partial charge in [-0.25, -0.2) is 19.3 Å². The first-order valence-electron chi connectivity index (χ1n) is 16.1. The van der Waals surface area contributed by atoms with Gasteiger partial charge in [0.1, 0.15) is 29.6 Å². The second-order valence-corrected chi connectivity index (χ2v) is 12.6. The van der Waals surface area contributed by atoms with Crippen molar-refractivity contribution in [1.82, 2.24) is 34.8 Å². The number of anilines is 2. The van der Waals surface area contributed by atoms with Gasteiger partial charge in [0.05, 0.1) is 42.4 Å².